The zero-order valence-corrected chi connectivity index (χ0v) is 13.1. The van der Waals surface area contributed by atoms with Gasteiger partial charge in [0.2, 0.25) is 5.91 Å². The molecule has 2 atom stereocenters. The Balaban J connectivity index is 1.94. The van der Waals surface area contributed by atoms with E-state index in [-0.39, 0.29) is 18.4 Å². The Labute approximate surface area is 128 Å². The number of hydrogen-bond acceptors (Lipinski definition) is 4. The standard InChI is InChI=1S/C15H22N2O3S/c1-2-14-16-10(9-21-14)8-13(18)17-12-7-5-3-4-6-11(12)15(19)20/h9,11-12H,2-8H2,1H3,(H,17,18)(H,19,20)/t11-,12+/m1/s1. The first-order valence-electron chi connectivity index (χ1n) is 7.55. The topological polar surface area (TPSA) is 79.3 Å². The Morgan fingerprint density at radius 1 is 1.38 bits per heavy atom. The third kappa shape index (κ3) is 4.52. The molecule has 1 aliphatic carbocycles. The number of thiazole rings is 1. The van der Waals surface area contributed by atoms with Gasteiger partial charge < -0.3 is 10.4 Å². The first-order valence-corrected chi connectivity index (χ1v) is 8.43. The van der Waals surface area contributed by atoms with Gasteiger partial charge in [-0.2, -0.15) is 0 Å². The molecule has 0 spiro atoms. The number of carbonyl (C=O) groups excluding carboxylic acids is 1. The first-order chi connectivity index (χ1) is 10.1. The zero-order chi connectivity index (χ0) is 15.2. The summed E-state index contributed by atoms with van der Waals surface area (Å²) < 4.78 is 0. The van der Waals surface area contributed by atoms with E-state index in [0.717, 1.165) is 42.8 Å². The van der Waals surface area contributed by atoms with Crippen molar-refractivity contribution in [3.05, 3.63) is 16.1 Å². The number of nitrogens with zero attached hydrogens (tertiary/aromatic N) is 1. The Morgan fingerprint density at radius 2 is 2.14 bits per heavy atom. The van der Waals surface area contributed by atoms with Crippen LogP contribution in [0.2, 0.25) is 0 Å². The number of carboxylic acid groups (broad SMARTS) is 1. The predicted octanol–water partition coefficient (Wildman–Crippen LogP) is 2.40. The van der Waals surface area contributed by atoms with Gasteiger partial charge in [-0.25, -0.2) is 4.98 Å². The number of aromatic nitrogens is 1. The third-order valence-corrected chi connectivity index (χ3v) is 4.96. The van der Waals surface area contributed by atoms with Gasteiger partial charge in [0.15, 0.2) is 0 Å². The molecule has 0 saturated heterocycles. The second-order valence-electron chi connectivity index (χ2n) is 5.52. The first kappa shape index (κ1) is 15.9. The van der Waals surface area contributed by atoms with Crippen LogP contribution in [0.15, 0.2) is 5.38 Å². The van der Waals surface area contributed by atoms with E-state index >= 15 is 0 Å². The lowest BCUT2D eigenvalue weighted by atomic mass is 9.95. The lowest BCUT2D eigenvalue weighted by molar-refractivity contribution is -0.143. The Kier molecular flexibility index (Phi) is 5.73. The van der Waals surface area contributed by atoms with Gasteiger partial charge in [0.05, 0.1) is 23.0 Å². The highest BCUT2D eigenvalue weighted by molar-refractivity contribution is 7.09. The molecule has 6 heteroatoms. The molecule has 1 heterocycles. The zero-order valence-electron chi connectivity index (χ0n) is 12.3. The van der Waals surface area contributed by atoms with Crippen LogP contribution < -0.4 is 5.32 Å². The van der Waals surface area contributed by atoms with E-state index in [4.69, 9.17) is 0 Å². The smallest absolute Gasteiger partial charge is 0.308 e. The fraction of sp³-hybridized carbons (Fsp3) is 0.667. The van der Waals surface area contributed by atoms with Crippen LogP contribution in [0.3, 0.4) is 0 Å². The van der Waals surface area contributed by atoms with Crippen molar-refractivity contribution in [1.29, 1.82) is 0 Å². The normalized spacial score (nSPS) is 22.5. The maximum Gasteiger partial charge on any atom is 0.308 e. The number of nitrogens with one attached hydrogen (secondary N) is 1. The molecule has 0 unspecified atom stereocenters. The molecular weight excluding hydrogens is 288 g/mol. The molecule has 0 aromatic carbocycles. The second kappa shape index (κ2) is 7.54. The van der Waals surface area contributed by atoms with E-state index in [2.05, 4.69) is 10.3 Å². The quantitative estimate of drug-likeness (QED) is 0.819. The number of rotatable bonds is 5. The third-order valence-electron chi connectivity index (χ3n) is 3.92. The molecule has 0 radical (unpaired) electrons. The molecule has 2 N–H and O–H groups in total. The van der Waals surface area contributed by atoms with Crippen LogP contribution in [0.4, 0.5) is 0 Å². The number of carbonyl (C=O) groups is 2. The lowest BCUT2D eigenvalue weighted by Crippen LogP contribution is -2.43. The van der Waals surface area contributed by atoms with Crippen molar-refractivity contribution in [3.63, 3.8) is 0 Å². The van der Waals surface area contributed by atoms with Crippen molar-refractivity contribution >= 4 is 23.2 Å². The van der Waals surface area contributed by atoms with Crippen LogP contribution in [0, 0.1) is 5.92 Å². The fourth-order valence-electron chi connectivity index (χ4n) is 2.79. The maximum atomic E-state index is 12.1. The summed E-state index contributed by atoms with van der Waals surface area (Å²) in [6.07, 6.45) is 5.45. The van der Waals surface area contributed by atoms with Gasteiger partial charge in [0.25, 0.3) is 0 Å². The minimum atomic E-state index is -0.802. The Morgan fingerprint density at radius 3 is 2.81 bits per heavy atom. The minimum Gasteiger partial charge on any atom is -0.481 e. The fourth-order valence-corrected chi connectivity index (χ4v) is 3.54. The van der Waals surface area contributed by atoms with Crippen LogP contribution in [-0.2, 0) is 22.4 Å². The second-order valence-corrected chi connectivity index (χ2v) is 6.46. The highest BCUT2D eigenvalue weighted by atomic mass is 32.1. The molecule has 1 aromatic heterocycles. The van der Waals surface area contributed by atoms with E-state index in [1.54, 1.807) is 11.3 Å². The van der Waals surface area contributed by atoms with Gasteiger partial charge in [-0.1, -0.05) is 26.2 Å². The van der Waals surface area contributed by atoms with E-state index in [1.165, 1.54) is 0 Å². The maximum absolute atomic E-state index is 12.1. The van der Waals surface area contributed by atoms with E-state index < -0.39 is 11.9 Å². The number of amides is 1. The van der Waals surface area contributed by atoms with Crippen molar-refractivity contribution in [2.45, 2.75) is 57.9 Å². The highest BCUT2D eigenvalue weighted by Crippen LogP contribution is 2.24. The van der Waals surface area contributed by atoms with Gasteiger partial charge >= 0.3 is 5.97 Å². The summed E-state index contributed by atoms with van der Waals surface area (Å²) in [4.78, 5) is 27.8. The van der Waals surface area contributed by atoms with Crippen molar-refractivity contribution < 1.29 is 14.7 Å². The molecular formula is C15H22N2O3S. The largest absolute Gasteiger partial charge is 0.481 e. The summed E-state index contributed by atoms with van der Waals surface area (Å²) in [7, 11) is 0. The van der Waals surface area contributed by atoms with Crippen LogP contribution in [0.1, 0.15) is 49.7 Å². The van der Waals surface area contributed by atoms with Gasteiger partial charge in [-0.15, -0.1) is 11.3 Å². The summed E-state index contributed by atoms with van der Waals surface area (Å²) in [5.41, 5.74) is 0.773. The van der Waals surface area contributed by atoms with Crippen LogP contribution in [0.5, 0.6) is 0 Å². The summed E-state index contributed by atoms with van der Waals surface area (Å²) >= 11 is 1.56. The van der Waals surface area contributed by atoms with Crippen LogP contribution >= 0.6 is 11.3 Å². The van der Waals surface area contributed by atoms with Crippen molar-refractivity contribution in [3.8, 4) is 0 Å². The number of carboxylic acids is 1. The predicted molar refractivity (Wildman–Crippen MR) is 81.3 cm³/mol. The van der Waals surface area contributed by atoms with Crippen LogP contribution in [-0.4, -0.2) is 28.0 Å². The van der Waals surface area contributed by atoms with Gasteiger partial charge in [0.1, 0.15) is 0 Å². The van der Waals surface area contributed by atoms with Crippen molar-refractivity contribution in [1.82, 2.24) is 10.3 Å². The van der Waals surface area contributed by atoms with E-state index in [0.29, 0.717) is 6.42 Å². The molecule has 0 aliphatic heterocycles. The Hall–Kier alpha value is -1.43. The highest BCUT2D eigenvalue weighted by Gasteiger charge is 2.30. The molecule has 2 rings (SSSR count). The molecule has 1 saturated carbocycles. The monoisotopic (exact) mass is 310 g/mol. The summed E-state index contributed by atoms with van der Waals surface area (Å²) in [5.74, 6) is -1.39. The molecule has 0 bridgehead atoms. The molecule has 1 aromatic rings. The average Bonchev–Trinajstić information content (AvgIpc) is 2.75. The summed E-state index contributed by atoms with van der Waals surface area (Å²) in [5, 5.41) is 15.1. The number of hydrogen-bond donors (Lipinski definition) is 2. The van der Waals surface area contributed by atoms with Crippen molar-refractivity contribution in [2.24, 2.45) is 5.92 Å². The Bertz CT molecular complexity index is 501. The number of aryl methyl sites for hydroxylation is 1. The summed E-state index contributed by atoms with van der Waals surface area (Å²) in [6, 6.07) is -0.248. The summed E-state index contributed by atoms with van der Waals surface area (Å²) in [6.45, 7) is 2.03. The van der Waals surface area contributed by atoms with E-state index in [1.807, 2.05) is 12.3 Å². The molecule has 116 valence electrons. The SMILES string of the molecule is CCc1nc(CC(=O)N[C@H]2CCCCC[C@H]2C(=O)O)cs1. The lowest BCUT2D eigenvalue weighted by Gasteiger charge is -2.22. The molecule has 1 aliphatic rings. The molecule has 21 heavy (non-hydrogen) atoms. The van der Waals surface area contributed by atoms with Crippen LogP contribution in [0.25, 0.3) is 0 Å². The van der Waals surface area contributed by atoms with Crippen molar-refractivity contribution in [2.75, 3.05) is 0 Å². The van der Waals surface area contributed by atoms with Gasteiger partial charge in [-0.05, 0) is 19.3 Å². The molecule has 5 nitrogen and oxygen atoms in total. The van der Waals surface area contributed by atoms with E-state index in [9.17, 15) is 14.7 Å². The minimum absolute atomic E-state index is 0.124. The molecule has 1 amide bonds. The average molecular weight is 310 g/mol. The number of aliphatic carboxylic acids is 1. The molecule has 1 fully saturated rings. The van der Waals surface area contributed by atoms with Gasteiger partial charge in [0, 0.05) is 11.4 Å². The van der Waals surface area contributed by atoms with Gasteiger partial charge in [-0.3, -0.25) is 9.59 Å².